The summed E-state index contributed by atoms with van der Waals surface area (Å²) in [5.41, 5.74) is 8.33. The van der Waals surface area contributed by atoms with E-state index in [1.54, 1.807) is 7.11 Å². The molecule has 0 radical (unpaired) electrons. The van der Waals surface area contributed by atoms with Gasteiger partial charge in [-0.05, 0) is 49.4 Å². The number of guanidine groups is 1. The van der Waals surface area contributed by atoms with Gasteiger partial charge in [0.25, 0.3) is 0 Å². The summed E-state index contributed by atoms with van der Waals surface area (Å²) in [6.45, 7) is 1.15. The van der Waals surface area contributed by atoms with Gasteiger partial charge < -0.3 is 25.3 Å². The average Bonchev–Trinajstić information content (AvgIpc) is 3.26. The van der Waals surface area contributed by atoms with E-state index in [1.807, 2.05) is 36.4 Å². The van der Waals surface area contributed by atoms with E-state index in [0.29, 0.717) is 19.1 Å². The van der Waals surface area contributed by atoms with E-state index in [1.165, 1.54) is 12.8 Å². The molecule has 30 heavy (non-hydrogen) atoms. The molecule has 1 fully saturated rings. The summed E-state index contributed by atoms with van der Waals surface area (Å²) >= 11 is 0. The Hall–Kier alpha value is -2.16. The molecule has 4 rings (SSSR count). The van der Waals surface area contributed by atoms with E-state index in [9.17, 15) is 0 Å². The van der Waals surface area contributed by atoms with E-state index in [0.717, 1.165) is 47.6 Å². The van der Waals surface area contributed by atoms with Gasteiger partial charge in [-0.2, -0.15) is 0 Å². The van der Waals surface area contributed by atoms with Crippen LogP contribution in [-0.4, -0.2) is 25.8 Å². The highest BCUT2D eigenvalue weighted by atomic mass is 127. The van der Waals surface area contributed by atoms with Crippen LogP contribution >= 0.6 is 24.0 Å². The first kappa shape index (κ1) is 22.5. The maximum Gasteiger partial charge on any atom is 0.189 e. The molecule has 0 aromatic heterocycles. The first-order valence-corrected chi connectivity index (χ1v) is 10.3. The predicted octanol–water partition coefficient (Wildman–Crippen LogP) is 4.56. The molecule has 7 heteroatoms. The highest BCUT2D eigenvalue weighted by Gasteiger charge is 2.21. The molecule has 1 aliphatic heterocycles. The maximum absolute atomic E-state index is 6.18. The van der Waals surface area contributed by atoms with Crippen LogP contribution in [-0.2, 0) is 6.54 Å². The Bertz CT molecular complexity index is 869. The Labute approximate surface area is 195 Å². The molecule has 0 amide bonds. The molecule has 0 bridgehead atoms. The SMILES string of the molecule is COc1ccc(CN=C(N)NC2CCOc3ccccc32)cc1OC1CCCC1.I. The molecule has 0 spiro atoms. The van der Waals surface area contributed by atoms with Crippen molar-refractivity contribution in [3.63, 3.8) is 0 Å². The third-order valence-electron chi connectivity index (χ3n) is 5.54. The van der Waals surface area contributed by atoms with Crippen molar-refractivity contribution in [3.05, 3.63) is 53.6 Å². The Balaban J connectivity index is 0.00000256. The lowest BCUT2D eigenvalue weighted by atomic mass is 10.0. The van der Waals surface area contributed by atoms with E-state index in [-0.39, 0.29) is 36.1 Å². The van der Waals surface area contributed by atoms with Gasteiger partial charge in [-0.25, -0.2) is 4.99 Å². The van der Waals surface area contributed by atoms with Crippen molar-refractivity contribution in [1.29, 1.82) is 0 Å². The van der Waals surface area contributed by atoms with Gasteiger partial charge in [0, 0.05) is 12.0 Å². The van der Waals surface area contributed by atoms with Crippen LogP contribution in [0.2, 0.25) is 0 Å². The monoisotopic (exact) mass is 523 g/mol. The smallest absolute Gasteiger partial charge is 0.189 e. The number of fused-ring (bicyclic) bond motifs is 1. The molecular formula is C23H30IN3O3. The summed E-state index contributed by atoms with van der Waals surface area (Å²) < 4.78 is 17.3. The van der Waals surface area contributed by atoms with Gasteiger partial charge in [0.2, 0.25) is 0 Å². The third kappa shape index (κ3) is 5.50. The predicted molar refractivity (Wildman–Crippen MR) is 129 cm³/mol. The summed E-state index contributed by atoms with van der Waals surface area (Å²) in [7, 11) is 1.67. The van der Waals surface area contributed by atoms with E-state index in [2.05, 4.69) is 16.4 Å². The quantitative estimate of drug-likeness (QED) is 0.330. The molecule has 6 nitrogen and oxygen atoms in total. The van der Waals surface area contributed by atoms with Crippen molar-refractivity contribution in [3.8, 4) is 17.2 Å². The van der Waals surface area contributed by atoms with Crippen LogP contribution in [0.1, 0.15) is 49.3 Å². The largest absolute Gasteiger partial charge is 0.493 e. The second-order valence-electron chi connectivity index (χ2n) is 7.58. The van der Waals surface area contributed by atoms with Crippen LogP contribution < -0.4 is 25.3 Å². The van der Waals surface area contributed by atoms with Gasteiger partial charge in [0.05, 0.1) is 32.4 Å². The van der Waals surface area contributed by atoms with E-state index < -0.39 is 0 Å². The van der Waals surface area contributed by atoms with Crippen LogP contribution in [0.3, 0.4) is 0 Å². The van der Waals surface area contributed by atoms with Crippen LogP contribution in [0, 0.1) is 0 Å². The van der Waals surface area contributed by atoms with Crippen LogP contribution in [0.4, 0.5) is 0 Å². The zero-order chi connectivity index (χ0) is 20.1. The summed E-state index contributed by atoms with van der Waals surface area (Å²) in [6, 6.07) is 14.1. The van der Waals surface area contributed by atoms with Crippen LogP contribution in [0.15, 0.2) is 47.5 Å². The molecule has 2 aliphatic rings. The normalized spacial score (nSPS) is 18.7. The second-order valence-corrected chi connectivity index (χ2v) is 7.58. The average molecular weight is 523 g/mol. The Morgan fingerprint density at radius 2 is 1.93 bits per heavy atom. The molecule has 1 aliphatic carbocycles. The van der Waals surface area contributed by atoms with Crippen molar-refractivity contribution in [2.75, 3.05) is 13.7 Å². The minimum Gasteiger partial charge on any atom is -0.493 e. The van der Waals surface area contributed by atoms with E-state index >= 15 is 0 Å². The Morgan fingerprint density at radius 1 is 1.13 bits per heavy atom. The molecule has 3 N–H and O–H groups in total. The van der Waals surface area contributed by atoms with Gasteiger partial charge in [0.1, 0.15) is 5.75 Å². The number of nitrogens with zero attached hydrogens (tertiary/aromatic N) is 1. The lowest BCUT2D eigenvalue weighted by Gasteiger charge is -2.26. The molecule has 0 saturated heterocycles. The fourth-order valence-corrected chi connectivity index (χ4v) is 3.99. The number of benzene rings is 2. The van der Waals surface area contributed by atoms with Crippen molar-refractivity contribution in [2.45, 2.75) is 50.8 Å². The zero-order valence-electron chi connectivity index (χ0n) is 17.3. The zero-order valence-corrected chi connectivity index (χ0v) is 19.6. The maximum atomic E-state index is 6.18. The van der Waals surface area contributed by atoms with E-state index in [4.69, 9.17) is 19.9 Å². The fourth-order valence-electron chi connectivity index (χ4n) is 3.99. The number of methoxy groups -OCH3 is 1. The number of hydrogen-bond donors (Lipinski definition) is 2. The number of hydrogen-bond acceptors (Lipinski definition) is 4. The first-order chi connectivity index (χ1) is 14.2. The Morgan fingerprint density at radius 3 is 2.73 bits per heavy atom. The third-order valence-corrected chi connectivity index (χ3v) is 5.54. The standard InChI is InChI=1S/C23H29N3O3.HI/c1-27-21-11-10-16(14-22(21)29-17-6-2-3-7-17)15-25-23(24)26-19-12-13-28-20-9-5-4-8-18(19)20;/h4-5,8-11,14,17,19H,2-3,6-7,12-13,15H2,1H3,(H3,24,25,26);1H. The highest BCUT2D eigenvalue weighted by Crippen LogP contribution is 2.33. The van der Waals surface area contributed by atoms with Gasteiger partial charge in [-0.3, -0.25) is 0 Å². The molecule has 2 aromatic carbocycles. The number of nitrogens with two attached hydrogens (primary N) is 1. The molecule has 1 unspecified atom stereocenters. The van der Waals surface area contributed by atoms with Crippen molar-refractivity contribution in [2.24, 2.45) is 10.7 Å². The first-order valence-electron chi connectivity index (χ1n) is 10.3. The van der Waals surface area contributed by atoms with Gasteiger partial charge >= 0.3 is 0 Å². The molecular weight excluding hydrogens is 493 g/mol. The molecule has 1 atom stereocenters. The molecule has 1 heterocycles. The number of halogens is 1. The molecule has 1 saturated carbocycles. The van der Waals surface area contributed by atoms with Gasteiger partial charge in [0.15, 0.2) is 17.5 Å². The number of para-hydroxylation sites is 1. The highest BCUT2D eigenvalue weighted by molar-refractivity contribution is 14.0. The molecule has 2 aromatic rings. The number of nitrogens with one attached hydrogen (secondary N) is 1. The number of rotatable bonds is 6. The number of ether oxygens (including phenoxy) is 3. The van der Waals surface area contributed by atoms with Gasteiger partial charge in [-0.15, -0.1) is 24.0 Å². The number of aliphatic imine (C=N–C) groups is 1. The molecule has 162 valence electrons. The van der Waals surface area contributed by atoms with Crippen molar-refractivity contribution in [1.82, 2.24) is 5.32 Å². The lowest BCUT2D eigenvalue weighted by Crippen LogP contribution is -2.37. The summed E-state index contributed by atoms with van der Waals surface area (Å²) in [4.78, 5) is 4.54. The summed E-state index contributed by atoms with van der Waals surface area (Å²) in [6.07, 6.45) is 5.81. The summed E-state index contributed by atoms with van der Waals surface area (Å²) in [5.74, 6) is 2.89. The van der Waals surface area contributed by atoms with Crippen molar-refractivity contribution >= 4 is 29.9 Å². The fraction of sp³-hybridized carbons (Fsp3) is 0.435. The second kappa shape index (κ2) is 10.7. The van der Waals surface area contributed by atoms with Crippen LogP contribution in [0.25, 0.3) is 0 Å². The summed E-state index contributed by atoms with van der Waals surface area (Å²) in [5, 5.41) is 3.33. The topological polar surface area (TPSA) is 78.1 Å². The van der Waals surface area contributed by atoms with Crippen LogP contribution in [0.5, 0.6) is 17.2 Å². The minimum atomic E-state index is 0. The lowest BCUT2D eigenvalue weighted by molar-refractivity contribution is 0.200. The minimum absolute atomic E-state index is 0. The Kier molecular flexibility index (Phi) is 8.07. The van der Waals surface area contributed by atoms with Crippen molar-refractivity contribution < 1.29 is 14.2 Å². The van der Waals surface area contributed by atoms with Gasteiger partial charge in [-0.1, -0.05) is 24.3 Å².